The fraction of sp³-hybridized carbons (Fsp3) is 0.500. The fourth-order valence-electron chi connectivity index (χ4n) is 3.52. The molecular formula is C18H23NO. The molecule has 1 aromatic heterocycles. The lowest BCUT2D eigenvalue weighted by molar-refractivity contribution is 0.0899. The molecule has 0 unspecified atom stereocenters. The summed E-state index contributed by atoms with van der Waals surface area (Å²) in [4.78, 5) is 16.3. The van der Waals surface area contributed by atoms with Crippen molar-refractivity contribution in [3.05, 3.63) is 35.5 Å². The summed E-state index contributed by atoms with van der Waals surface area (Å²) in [5.41, 5.74) is 3.05. The Hall–Kier alpha value is -1.57. The molecular weight excluding hydrogens is 246 g/mol. The number of aryl methyl sites for hydroxylation is 1. The maximum absolute atomic E-state index is 12.9. The number of Topliss-reactive ketones (excluding diaryl/α,β-unsaturated/α-hetero) is 1. The van der Waals surface area contributed by atoms with Gasteiger partial charge in [-0.15, -0.1) is 0 Å². The first-order valence-electron chi connectivity index (χ1n) is 7.89. The van der Waals surface area contributed by atoms with E-state index in [0.29, 0.717) is 5.78 Å². The summed E-state index contributed by atoms with van der Waals surface area (Å²) >= 11 is 0. The summed E-state index contributed by atoms with van der Waals surface area (Å²) in [5, 5.41) is 1.09. The van der Waals surface area contributed by atoms with E-state index in [9.17, 15) is 4.79 Å². The zero-order valence-corrected chi connectivity index (χ0v) is 12.2. The molecule has 1 heterocycles. The lowest BCUT2D eigenvalue weighted by atomic mass is 9.85. The molecule has 106 valence electrons. The molecule has 1 N–H and O–H groups in total. The highest BCUT2D eigenvalue weighted by Crippen LogP contribution is 2.30. The minimum absolute atomic E-state index is 0.230. The van der Waals surface area contributed by atoms with Gasteiger partial charge in [0.1, 0.15) is 0 Å². The molecule has 0 spiro atoms. The average Bonchev–Trinajstić information content (AvgIpc) is 2.73. The highest BCUT2D eigenvalue weighted by atomic mass is 16.1. The van der Waals surface area contributed by atoms with Crippen LogP contribution in [0.4, 0.5) is 0 Å². The van der Waals surface area contributed by atoms with Gasteiger partial charge >= 0.3 is 0 Å². The maximum atomic E-state index is 12.9. The van der Waals surface area contributed by atoms with Crippen LogP contribution in [-0.4, -0.2) is 10.8 Å². The molecule has 1 aromatic carbocycles. The Morgan fingerprint density at radius 2 is 1.70 bits per heavy atom. The third-order valence-corrected chi connectivity index (χ3v) is 4.62. The molecule has 1 fully saturated rings. The van der Waals surface area contributed by atoms with Gasteiger partial charge in [-0.3, -0.25) is 4.79 Å². The van der Waals surface area contributed by atoms with Crippen molar-refractivity contribution in [3.8, 4) is 0 Å². The Morgan fingerprint density at radius 1 is 1.05 bits per heavy atom. The van der Waals surface area contributed by atoms with Gasteiger partial charge in [-0.1, -0.05) is 50.3 Å². The topological polar surface area (TPSA) is 32.9 Å². The Kier molecular flexibility index (Phi) is 3.90. The molecule has 2 aromatic rings. The van der Waals surface area contributed by atoms with Gasteiger partial charge in [0.25, 0.3) is 0 Å². The summed E-state index contributed by atoms with van der Waals surface area (Å²) in [7, 11) is 0. The number of carbonyl (C=O) groups excluding carboxylic acids is 1. The Balaban J connectivity index is 1.93. The first kappa shape index (κ1) is 13.4. The number of ketones is 1. The van der Waals surface area contributed by atoms with Crippen molar-refractivity contribution in [2.45, 2.75) is 51.9 Å². The predicted octanol–water partition coefficient (Wildman–Crippen LogP) is 5.02. The fourth-order valence-corrected chi connectivity index (χ4v) is 3.52. The number of H-pyrrole nitrogens is 1. The average molecular weight is 269 g/mol. The van der Waals surface area contributed by atoms with Crippen molar-refractivity contribution in [1.29, 1.82) is 0 Å². The van der Waals surface area contributed by atoms with Crippen LogP contribution in [0.15, 0.2) is 24.3 Å². The van der Waals surface area contributed by atoms with Crippen molar-refractivity contribution in [1.82, 2.24) is 4.98 Å². The van der Waals surface area contributed by atoms with E-state index in [-0.39, 0.29) is 5.92 Å². The summed E-state index contributed by atoms with van der Waals surface area (Å²) < 4.78 is 0. The number of carbonyl (C=O) groups is 1. The number of para-hydroxylation sites is 1. The van der Waals surface area contributed by atoms with Gasteiger partial charge < -0.3 is 4.98 Å². The lowest BCUT2D eigenvalue weighted by Crippen LogP contribution is -2.16. The quantitative estimate of drug-likeness (QED) is 0.763. The van der Waals surface area contributed by atoms with Crippen LogP contribution in [0.1, 0.15) is 61.0 Å². The van der Waals surface area contributed by atoms with Gasteiger partial charge in [-0.25, -0.2) is 0 Å². The standard InChI is InChI=1S/C18H23NO/c1-13-17(15-11-7-8-12-16(15)19-13)18(20)14-9-5-3-2-4-6-10-14/h7-8,11-12,14,19H,2-6,9-10H2,1H3. The van der Waals surface area contributed by atoms with Crippen LogP contribution in [0.25, 0.3) is 10.9 Å². The van der Waals surface area contributed by atoms with Gasteiger partial charge in [0.2, 0.25) is 0 Å². The van der Waals surface area contributed by atoms with Crippen LogP contribution in [0, 0.1) is 12.8 Å². The third-order valence-electron chi connectivity index (χ3n) is 4.62. The van der Waals surface area contributed by atoms with Crippen molar-refractivity contribution in [3.63, 3.8) is 0 Å². The van der Waals surface area contributed by atoms with Gasteiger partial charge in [-0.2, -0.15) is 0 Å². The highest BCUT2D eigenvalue weighted by Gasteiger charge is 2.24. The summed E-state index contributed by atoms with van der Waals surface area (Å²) in [6.45, 7) is 2.02. The maximum Gasteiger partial charge on any atom is 0.168 e. The van der Waals surface area contributed by atoms with E-state index in [1.54, 1.807) is 0 Å². The predicted molar refractivity (Wildman–Crippen MR) is 83.2 cm³/mol. The Morgan fingerprint density at radius 3 is 2.45 bits per heavy atom. The number of aromatic amines is 1. The number of nitrogens with one attached hydrogen (secondary N) is 1. The molecule has 20 heavy (non-hydrogen) atoms. The Bertz CT molecular complexity index is 603. The minimum atomic E-state index is 0.230. The van der Waals surface area contributed by atoms with Crippen LogP contribution < -0.4 is 0 Å². The molecule has 0 aliphatic heterocycles. The molecule has 1 saturated carbocycles. The molecule has 3 rings (SSSR count). The van der Waals surface area contributed by atoms with Gasteiger partial charge in [0.05, 0.1) is 0 Å². The number of hydrogen-bond donors (Lipinski definition) is 1. The number of benzene rings is 1. The summed E-state index contributed by atoms with van der Waals surface area (Å²) in [6, 6.07) is 8.15. The minimum Gasteiger partial charge on any atom is -0.358 e. The van der Waals surface area contributed by atoms with E-state index in [1.807, 2.05) is 19.1 Å². The number of rotatable bonds is 2. The second kappa shape index (κ2) is 5.82. The van der Waals surface area contributed by atoms with Crippen LogP contribution >= 0.6 is 0 Å². The SMILES string of the molecule is Cc1[nH]c2ccccc2c1C(=O)C1CCCCCCC1. The van der Waals surface area contributed by atoms with Crippen molar-refractivity contribution >= 4 is 16.7 Å². The smallest absolute Gasteiger partial charge is 0.168 e. The van der Waals surface area contributed by atoms with Gasteiger partial charge in [-0.05, 0) is 25.8 Å². The van der Waals surface area contributed by atoms with Crippen LogP contribution in [0.3, 0.4) is 0 Å². The third kappa shape index (κ3) is 2.52. The highest BCUT2D eigenvalue weighted by molar-refractivity contribution is 6.10. The second-order valence-electron chi connectivity index (χ2n) is 6.08. The molecule has 1 aliphatic carbocycles. The van der Waals surface area contributed by atoms with Gasteiger partial charge in [0.15, 0.2) is 5.78 Å². The molecule has 0 atom stereocenters. The number of hydrogen-bond acceptors (Lipinski definition) is 1. The lowest BCUT2D eigenvalue weighted by Gasteiger charge is -2.18. The zero-order valence-electron chi connectivity index (χ0n) is 12.2. The molecule has 0 radical (unpaired) electrons. The van der Waals surface area contributed by atoms with E-state index in [4.69, 9.17) is 0 Å². The van der Waals surface area contributed by atoms with E-state index >= 15 is 0 Å². The van der Waals surface area contributed by atoms with Gasteiger partial charge in [0, 0.05) is 28.1 Å². The first-order chi connectivity index (χ1) is 9.77. The number of aromatic nitrogens is 1. The van der Waals surface area contributed by atoms with Crippen LogP contribution in [0.2, 0.25) is 0 Å². The van der Waals surface area contributed by atoms with Crippen molar-refractivity contribution < 1.29 is 4.79 Å². The summed E-state index contributed by atoms with van der Waals surface area (Å²) in [5.74, 6) is 0.593. The summed E-state index contributed by atoms with van der Waals surface area (Å²) in [6.07, 6.45) is 8.46. The van der Waals surface area contributed by atoms with Crippen LogP contribution in [0.5, 0.6) is 0 Å². The van der Waals surface area contributed by atoms with Crippen molar-refractivity contribution in [2.24, 2.45) is 5.92 Å². The Labute approximate surface area is 120 Å². The molecule has 0 bridgehead atoms. The molecule has 2 nitrogen and oxygen atoms in total. The largest absolute Gasteiger partial charge is 0.358 e. The molecule has 0 saturated heterocycles. The molecule has 1 aliphatic rings. The van der Waals surface area contributed by atoms with E-state index in [2.05, 4.69) is 17.1 Å². The van der Waals surface area contributed by atoms with E-state index in [0.717, 1.165) is 35.0 Å². The van der Waals surface area contributed by atoms with E-state index in [1.165, 1.54) is 32.1 Å². The van der Waals surface area contributed by atoms with Crippen LogP contribution in [-0.2, 0) is 0 Å². The van der Waals surface area contributed by atoms with Crippen molar-refractivity contribution in [2.75, 3.05) is 0 Å². The zero-order chi connectivity index (χ0) is 13.9. The molecule has 0 amide bonds. The second-order valence-corrected chi connectivity index (χ2v) is 6.08. The van der Waals surface area contributed by atoms with E-state index < -0.39 is 0 Å². The number of fused-ring (bicyclic) bond motifs is 1. The molecule has 2 heteroatoms. The monoisotopic (exact) mass is 269 g/mol. The normalized spacial score (nSPS) is 17.9. The first-order valence-corrected chi connectivity index (χ1v) is 7.89.